The van der Waals surface area contributed by atoms with Crippen LogP contribution in [0.3, 0.4) is 0 Å². The zero-order valence-electron chi connectivity index (χ0n) is 11.1. The lowest BCUT2D eigenvalue weighted by Crippen LogP contribution is -2.44. The predicted octanol–water partition coefficient (Wildman–Crippen LogP) is 2.71. The minimum Gasteiger partial charge on any atom is -0.308 e. The molecule has 1 aromatic heterocycles. The highest BCUT2D eigenvalue weighted by Gasteiger charge is 2.60. The maximum Gasteiger partial charge on any atom is 0.0490 e. The summed E-state index contributed by atoms with van der Waals surface area (Å²) in [6, 6.07) is 2.72. The van der Waals surface area contributed by atoms with Crippen molar-refractivity contribution in [3.05, 3.63) is 18.0 Å². The number of hydrogen-bond donors (Lipinski definition) is 2. The molecule has 0 amide bonds. The Bertz CT molecular complexity index is 396. The zero-order valence-corrected chi connectivity index (χ0v) is 11.1. The molecule has 2 aliphatic carbocycles. The van der Waals surface area contributed by atoms with Gasteiger partial charge in [-0.2, -0.15) is 5.10 Å². The van der Waals surface area contributed by atoms with Gasteiger partial charge in [-0.3, -0.25) is 5.10 Å². The van der Waals surface area contributed by atoms with Crippen LogP contribution in [0.5, 0.6) is 0 Å². The monoisotopic (exact) mass is 233 g/mol. The fraction of sp³-hybridized carbons (Fsp3) is 0.786. The number of H-pyrrole nitrogens is 1. The Labute approximate surface area is 103 Å². The summed E-state index contributed by atoms with van der Waals surface area (Å²) in [5.74, 6) is 0.909. The molecule has 1 heterocycles. The molecule has 17 heavy (non-hydrogen) atoms. The van der Waals surface area contributed by atoms with E-state index in [9.17, 15) is 0 Å². The minimum atomic E-state index is 0.470. The second kappa shape index (κ2) is 3.58. The molecule has 2 fully saturated rings. The fourth-order valence-electron chi connectivity index (χ4n) is 4.13. The van der Waals surface area contributed by atoms with Crippen LogP contribution in [0.4, 0.5) is 0 Å². The van der Waals surface area contributed by atoms with Crippen LogP contribution in [0.15, 0.2) is 12.3 Å². The van der Waals surface area contributed by atoms with Gasteiger partial charge in [0.15, 0.2) is 0 Å². The molecule has 3 unspecified atom stereocenters. The molecule has 1 aromatic rings. The van der Waals surface area contributed by atoms with E-state index in [1.807, 2.05) is 12.3 Å². The number of aromatic amines is 1. The van der Waals surface area contributed by atoms with Crippen LogP contribution >= 0.6 is 0 Å². The molecular formula is C14H23N3. The Balaban J connectivity index is 1.70. The Hall–Kier alpha value is -0.830. The van der Waals surface area contributed by atoms with Crippen LogP contribution in [-0.2, 0) is 6.54 Å². The Morgan fingerprint density at radius 3 is 2.82 bits per heavy atom. The zero-order chi connectivity index (χ0) is 12.1. The van der Waals surface area contributed by atoms with Crippen molar-refractivity contribution in [3.8, 4) is 0 Å². The first-order chi connectivity index (χ1) is 8.04. The molecule has 2 aliphatic rings. The average molecular weight is 233 g/mol. The third-order valence-electron chi connectivity index (χ3n) is 5.89. The van der Waals surface area contributed by atoms with E-state index < -0.39 is 0 Å². The first-order valence-corrected chi connectivity index (χ1v) is 6.76. The van der Waals surface area contributed by atoms with Gasteiger partial charge in [-0.05, 0) is 42.1 Å². The summed E-state index contributed by atoms with van der Waals surface area (Å²) in [5, 5.41) is 10.8. The lowest BCUT2D eigenvalue weighted by Gasteiger charge is -2.39. The van der Waals surface area contributed by atoms with Crippen molar-refractivity contribution in [2.75, 3.05) is 0 Å². The largest absolute Gasteiger partial charge is 0.308 e. The molecule has 94 valence electrons. The molecule has 0 saturated heterocycles. The first kappa shape index (κ1) is 11.3. The van der Waals surface area contributed by atoms with Gasteiger partial charge >= 0.3 is 0 Å². The van der Waals surface area contributed by atoms with E-state index in [1.54, 1.807) is 0 Å². The third kappa shape index (κ3) is 1.48. The van der Waals surface area contributed by atoms with Crippen molar-refractivity contribution in [1.82, 2.24) is 15.5 Å². The molecule has 3 heteroatoms. The van der Waals surface area contributed by atoms with Crippen molar-refractivity contribution in [1.29, 1.82) is 0 Å². The summed E-state index contributed by atoms with van der Waals surface area (Å²) in [6.07, 6.45) is 5.97. The van der Waals surface area contributed by atoms with E-state index in [4.69, 9.17) is 0 Å². The van der Waals surface area contributed by atoms with Gasteiger partial charge in [-0.25, -0.2) is 0 Å². The van der Waals surface area contributed by atoms with E-state index in [-0.39, 0.29) is 0 Å². The molecule has 0 aromatic carbocycles. The second-order valence-electron chi connectivity index (χ2n) is 6.63. The van der Waals surface area contributed by atoms with Crippen molar-refractivity contribution in [2.45, 2.75) is 52.6 Å². The summed E-state index contributed by atoms with van der Waals surface area (Å²) >= 11 is 0. The molecule has 2 N–H and O–H groups in total. The van der Waals surface area contributed by atoms with Crippen LogP contribution in [0.1, 0.15) is 45.7 Å². The number of aromatic nitrogens is 2. The molecule has 0 radical (unpaired) electrons. The fourth-order valence-corrected chi connectivity index (χ4v) is 4.13. The van der Waals surface area contributed by atoms with Gasteiger partial charge in [0.1, 0.15) is 0 Å². The molecule has 0 aliphatic heterocycles. The van der Waals surface area contributed by atoms with Gasteiger partial charge in [-0.15, -0.1) is 0 Å². The highest BCUT2D eigenvalue weighted by atomic mass is 15.1. The summed E-state index contributed by atoms with van der Waals surface area (Å²) in [5.41, 5.74) is 2.16. The van der Waals surface area contributed by atoms with Gasteiger partial charge in [0.2, 0.25) is 0 Å². The second-order valence-corrected chi connectivity index (χ2v) is 6.63. The summed E-state index contributed by atoms with van der Waals surface area (Å²) in [6.45, 7) is 8.32. The van der Waals surface area contributed by atoms with Crippen molar-refractivity contribution in [2.24, 2.45) is 16.7 Å². The molecule has 3 rings (SSSR count). The van der Waals surface area contributed by atoms with Gasteiger partial charge in [-0.1, -0.05) is 20.8 Å². The number of nitrogens with zero attached hydrogens (tertiary/aromatic N) is 1. The van der Waals surface area contributed by atoms with Gasteiger partial charge < -0.3 is 5.32 Å². The van der Waals surface area contributed by atoms with E-state index in [2.05, 4.69) is 36.3 Å². The topological polar surface area (TPSA) is 40.7 Å². The predicted molar refractivity (Wildman–Crippen MR) is 68.4 cm³/mol. The van der Waals surface area contributed by atoms with Crippen molar-refractivity contribution >= 4 is 0 Å². The average Bonchev–Trinajstić information content (AvgIpc) is 2.91. The van der Waals surface area contributed by atoms with Gasteiger partial charge in [0.25, 0.3) is 0 Å². The van der Waals surface area contributed by atoms with Crippen LogP contribution in [-0.4, -0.2) is 16.2 Å². The number of rotatable bonds is 3. The summed E-state index contributed by atoms with van der Waals surface area (Å²) < 4.78 is 0. The molecular weight excluding hydrogens is 210 g/mol. The maximum absolute atomic E-state index is 4.00. The van der Waals surface area contributed by atoms with E-state index in [0.717, 1.165) is 12.5 Å². The SMILES string of the molecule is CC1(C)C2CCC1(C)C(NCc1ccn[nH]1)C2. The standard InChI is InChI=1S/C14H23N3/c1-13(2)10-4-6-14(13,3)12(8-10)15-9-11-5-7-16-17-11/h5,7,10,12,15H,4,6,8-9H2,1-3H3,(H,16,17). The molecule has 3 nitrogen and oxygen atoms in total. The highest BCUT2D eigenvalue weighted by Crippen LogP contribution is 2.65. The summed E-state index contributed by atoms with van der Waals surface area (Å²) in [7, 11) is 0. The molecule has 2 bridgehead atoms. The number of fused-ring (bicyclic) bond motifs is 2. The Morgan fingerprint density at radius 1 is 1.47 bits per heavy atom. The normalized spacial score (nSPS) is 38.8. The number of nitrogens with one attached hydrogen (secondary N) is 2. The highest BCUT2D eigenvalue weighted by molar-refractivity contribution is 5.13. The van der Waals surface area contributed by atoms with Crippen molar-refractivity contribution < 1.29 is 0 Å². The Morgan fingerprint density at radius 2 is 2.29 bits per heavy atom. The smallest absolute Gasteiger partial charge is 0.0490 e. The Kier molecular flexibility index (Phi) is 2.37. The number of hydrogen-bond acceptors (Lipinski definition) is 2. The third-order valence-corrected chi connectivity index (χ3v) is 5.89. The van der Waals surface area contributed by atoms with Crippen LogP contribution in [0, 0.1) is 16.7 Å². The van der Waals surface area contributed by atoms with Crippen LogP contribution < -0.4 is 5.32 Å². The summed E-state index contributed by atoms with van der Waals surface area (Å²) in [4.78, 5) is 0. The maximum atomic E-state index is 4.00. The lowest BCUT2D eigenvalue weighted by molar-refractivity contribution is 0.120. The first-order valence-electron chi connectivity index (χ1n) is 6.76. The van der Waals surface area contributed by atoms with Gasteiger partial charge in [0.05, 0.1) is 0 Å². The van der Waals surface area contributed by atoms with Crippen LogP contribution in [0.2, 0.25) is 0 Å². The van der Waals surface area contributed by atoms with E-state index in [1.165, 1.54) is 25.0 Å². The van der Waals surface area contributed by atoms with Gasteiger partial charge in [0, 0.05) is 24.5 Å². The molecule has 3 atom stereocenters. The molecule has 0 spiro atoms. The molecule has 2 saturated carbocycles. The lowest BCUT2D eigenvalue weighted by atomic mass is 9.69. The van der Waals surface area contributed by atoms with E-state index in [0.29, 0.717) is 16.9 Å². The quantitative estimate of drug-likeness (QED) is 0.842. The minimum absolute atomic E-state index is 0.470. The van der Waals surface area contributed by atoms with Crippen LogP contribution in [0.25, 0.3) is 0 Å². The van der Waals surface area contributed by atoms with E-state index >= 15 is 0 Å². The van der Waals surface area contributed by atoms with Crippen molar-refractivity contribution in [3.63, 3.8) is 0 Å².